The number of aryl methyl sites for hydroxylation is 1. The lowest BCUT2D eigenvalue weighted by Crippen LogP contribution is -1.95. The molecule has 1 aromatic rings. The van der Waals surface area contributed by atoms with Crippen LogP contribution in [0.15, 0.2) is 6.20 Å². The van der Waals surface area contributed by atoms with E-state index in [1.54, 1.807) is 13.3 Å². The maximum Gasteiger partial charge on any atom is 0.254 e. The summed E-state index contributed by atoms with van der Waals surface area (Å²) in [4.78, 5) is 9.86. The van der Waals surface area contributed by atoms with Gasteiger partial charge >= 0.3 is 0 Å². The van der Waals surface area contributed by atoms with E-state index in [1.165, 1.54) is 10.9 Å². The number of rotatable bonds is 1. The summed E-state index contributed by atoms with van der Waals surface area (Å²) in [5, 5.41) is 6.93. The zero-order valence-corrected chi connectivity index (χ0v) is 4.33. The summed E-state index contributed by atoms with van der Waals surface area (Å²) < 4.78 is 1.35. The summed E-state index contributed by atoms with van der Waals surface area (Å²) in [6.07, 6.45) is 3.02. The molecule has 0 saturated heterocycles. The van der Waals surface area contributed by atoms with E-state index in [-0.39, 0.29) is 0 Å². The van der Waals surface area contributed by atoms with E-state index < -0.39 is 0 Å². The Balaban J connectivity index is 3.09. The Morgan fingerprint density at radius 1 is 1.88 bits per heavy atom. The highest BCUT2D eigenvalue weighted by Crippen LogP contribution is 1.83. The third-order valence-corrected chi connectivity index (χ3v) is 0.819. The predicted molar refractivity (Wildman–Crippen MR) is 25.8 cm³/mol. The van der Waals surface area contributed by atoms with Gasteiger partial charge in [0.1, 0.15) is 5.69 Å². The number of nitrogens with zero attached hydrogens (tertiary/aromatic N) is 3. The molecule has 0 fully saturated rings. The Morgan fingerprint density at radius 2 is 2.62 bits per heavy atom. The van der Waals surface area contributed by atoms with Crippen molar-refractivity contribution in [2.75, 3.05) is 0 Å². The van der Waals surface area contributed by atoms with Crippen LogP contribution in [-0.2, 0) is 11.8 Å². The molecule has 0 atom stereocenters. The molecule has 0 aromatic carbocycles. The quantitative estimate of drug-likeness (QED) is 0.479. The third-order valence-electron chi connectivity index (χ3n) is 0.819. The van der Waals surface area contributed by atoms with Crippen molar-refractivity contribution in [3.05, 3.63) is 11.9 Å². The van der Waals surface area contributed by atoms with Crippen LogP contribution in [0.2, 0.25) is 0 Å². The summed E-state index contributed by atoms with van der Waals surface area (Å²) in [6.45, 7) is 0. The average molecular weight is 110 g/mol. The Kier molecular flexibility index (Phi) is 1.07. The van der Waals surface area contributed by atoms with Crippen molar-refractivity contribution in [1.82, 2.24) is 15.0 Å². The molecule has 8 heavy (non-hydrogen) atoms. The maximum atomic E-state index is 9.86. The molecular weight excluding hydrogens is 106 g/mol. The fourth-order valence-electron chi connectivity index (χ4n) is 0.382. The van der Waals surface area contributed by atoms with Crippen molar-refractivity contribution in [3.8, 4) is 0 Å². The molecule has 0 bridgehead atoms. The molecule has 4 nitrogen and oxygen atoms in total. The first kappa shape index (κ1) is 4.96. The molecule has 0 aliphatic rings. The normalized spacial score (nSPS) is 9.12. The first-order valence-electron chi connectivity index (χ1n) is 2.07. The van der Waals surface area contributed by atoms with E-state index >= 15 is 0 Å². The molecule has 0 spiro atoms. The molecule has 1 radical (unpaired) electrons. The van der Waals surface area contributed by atoms with Gasteiger partial charge in [-0.25, -0.2) is 4.68 Å². The Morgan fingerprint density at radius 3 is 2.88 bits per heavy atom. The largest absolute Gasteiger partial charge is 0.283 e. The lowest BCUT2D eigenvalue weighted by Gasteiger charge is -1.82. The second kappa shape index (κ2) is 1.73. The first-order chi connectivity index (χ1) is 3.84. The van der Waals surface area contributed by atoms with E-state index in [9.17, 15) is 4.79 Å². The van der Waals surface area contributed by atoms with Gasteiger partial charge in [-0.3, -0.25) is 4.79 Å². The van der Waals surface area contributed by atoms with Gasteiger partial charge in [-0.05, 0) is 0 Å². The molecule has 1 aromatic heterocycles. The smallest absolute Gasteiger partial charge is 0.254 e. The van der Waals surface area contributed by atoms with Crippen LogP contribution in [0.5, 0.6) is 0 Å². The Labute approximate surface area is 46.1 Å². The number of aromatic nitrogens is 3. The van der Waals surface area contributed by atoms with Crippen LogP contribution < -0.4 is 0 Å². The number of carbonyl (C=O) groups excluding carboxylic acids is 1. The summed E-state index contributed by atoms with van der Waals surface area (Å²) in [6, 6.07) is 0. The van der Waals surface area contributed by atoms with Gasteiger partial charge in [0.25, 0.3) is 6.29 Å². The fraction of sp³-hybridized carbons (Fsp3) is 0.250. The van der Waals surface area contributed by atoms with E-state index in [1.807, 2.05) is 0 Å². The van der Waals surface area contributed by atoms with Crippen molar-refractivity contribution in [2.24, 2.45) is 7.05 Å². The van der Waals surface area contributed by atoms with Gasteiger partial charge in [0.2, 0.25) is 0 Å². The van der Waals surface area contributed by atoms with Gasteiger partial charge in [-0.1, -0.05) is 5.21 Å². The zero-order chi connectivity index (χ0) is 5.98. The van der Waals surface area contributed by atoms with E-state index in [4.69, 9.17) is 0 Å². The minimum absolute atomic E-state index is 0.366. The average Bonchev–Trinajstić information content (AvgIpc) is 2.14. The highest BCUT2D eigenvalue weighted by atomic mass is 16.1. The highest BCUT2D eigenvalue weighted by molar-refractivity contribution is 5.71. The van der Waals surface area contributed by atoms with Crippen molar-refractivity contribution < 1.29 is 4.79 Å². The van der Waals surface area contributed by atoms with Gasteiger partial charge in [-0.15, -0.1) is 5.10 Å². The summed E-state index contributed by atoms with van der Waals surface area (Å²) >= 11 is 0. The van der Waals surface area contributed by atoms with Crippen LogP contribution in [0.4, 0.5) is 0 Å². The number of hydrogen-bond donors (Lipinski definition) is 0. The lowest BCUT2D eigenvalue weighted by molar-refractivity contribution is 0.557. The SMILES string of the molecule is Cn1nncc1[C]=O. The van der Waals surface area contributed by atoms with Crippen LogP contribution >= 0.6 is 0 Å². The Bertz CT molecular complexity index is 193. The molecule has 0 saturated carbocycles. The van der Waals surface area contributed by atoms with Gasteiger partial charge in [0.05, 0.1) is 6.20 Å². The third kappa shape index (κ3) is 0.598. The minimum Gasteiger partial charge on any atom is -0.283 e. The molecular formula is C4H4N3O. The summed E-state index contributed by atoms with van der Waals surface area (Å²) in [5.41, 5.74) is 0.366. The fourth-order valence-corrected chi connectivity index (χ4v) is 0.382. The van der Waals surface area contributed by atoms with Crippen LogP contribution in [-0.4, -0.2) is 21.3 Å². The van der Waals surface area contributed by atoms with E-state index in [2.05, 4.69) is 10.3 Å². The predicted octanol–water partition coefficient (Wildman–Crippen LogP) is -0.727. The molecule has 0 aliphatic carbocycles. The van der Waals surface area contributed by atoms with Crippen molar-refractivity contribution in [3.63, 3.8) is 0 Å². The Hall–Kier alpha value is -1.19. The van der Waals surface area contributed by atoms with Crippen molar-refractivity contribution in [1.29, 1.82) is 0 Å². The second-order valence-electron chi connectivity index (χ2n) is 1.34. The van der Waals surface area contributed by atoms with E-state index in [0.29, 0.717) is 5.69 Å². The molecule has 1 rings (SSSR count). The zero-order valence-electron chi connectivity index (χ0n) is 4.33. The van der Waals surface area contributed by atoms with Gasteiger partial charge in [0.15, 0.2) is 0 Å². The standard InChI is InChI=1S/C4H4N3O/c1-7-4(3-8)2-5-6-7/h2H,1H3. The second-order valence-corrected chi connectivity index (χ2v) is 1.34. The van der Waals surface area contributed by atoms with Gasteiger partial charge < -0.3 is 0 Å². The van der Waals surface area contributed by atoms with Crippen LogP contribution in [0.3, 0.4) is 0 Å². The first-order valence-corrected chi connectivity index (χ1v) is 2.07. The molecule has 0 aliphatic heterocycles. The van der Waals surface area contributed by atoms with Gasteiger partial charge in [-0.2, -0.15) is 0 Å². The maximum absolute atomic E-state index is 9.86. The van der Waals surface area contributed by atoms with Crippen LogP contribution in [0.1, 0.15) is 5.69 Å². The summed E-state index contributed by atoms with van der Waals surface area (Å²) in [5.74, 6) is 0. The van der Waals surface area contributed by atoms with Gasteiger partial charge in [0, 0.05) is 7.05 Å². The molecule has 4 heteroatoms. The van der Waals surface area contributed by atoms with Crippen molar-refractivity contribution >= 4 is 6.29 Å². The molecule has 0 N–H and O–H groups in total. The highest BCUT2D eigenvalue weighted by Gasteiger charge is 1.94. The molecule has 41 valence electrons. The molecule has 0 amide bonds. The van der Waals surface area contributed by atoms with E-state index in [0.717, 1.165) is 0 Å². The number of hydrogen-bond acceptors (Lipinski definition) is 3. The lowest BCUT2D eigenvalue weighted by atomic mass is 10.5. The monoisotopic (exact) mass is 110 g/mol. The topological polar surface area (TPSA) is 47.8 Å². The minimum atomic E-state index is 0.366. The van der Waals surface area contributed by atoms with Crippen LogP contribution in [0, 0.1) is 0 Å². The van der Waals surface area contributed by atoms with Crippen molar-refractivity contribution in [2.45, 2.75) is 0 Å². The summed E-state index contributed by atoms with van der Waals surface area (Å²) in [7, 11) is 1.63. The molecule has 1 heterocycles. The molecule has 0 unspecified atom stereocenters. The van der Waals surface area contributed by atoms with Crippen LogP contribution in [0.25, 0.3) is 0 Å².